The van der Waals surface area contributed by atoms with Gasteiger partial charge in [-0.25, -0.2) is 17.8 Å². The zero-order valence-electron chi connectivity index (χ0n) is 13.1. The van der Waals surface area contributed by atoms with Crippen LogP contribution in [0.25, 0.3) is 11.3 Å². The van der Waals surface area contributed by atoms with Crippen molar-refractivity contribution in [1.29, 1.82) is 0 Å². The second kappa shape index (κ2) is 5.37. The Kier molecular flexibility index (Phi) is 3.52. The van der Waals surface area contributed by atoms with Crippen molar-refractivity contribution in [2.75, 3.05) is 19.3 Å². The molecule has 0 amide bonds. The average molecular weight is 351 g/mol. The highest BCUT2D eigenvalue weighted by Gasteiger charge is 2.41. The fourth-order valence-electron chi connectivity index (χ4n) is 3.92. The first kappa shape index (κ1) is 15.7. The Balaban J connectivity index is 1.71. The normalized spacial score (nSPS) is 27.0. The lowest BCUT2D eigenvalue weighted by atomic mass is 9.84. The smallest absolute Gasteiger partial charge is 0.211 e. The van der Waals surface area contributed by atoms with E-state index in [0.29, 0.717) is 13.0 Å². The molecule has 128 valence electrons. The summed E-state index contributed by atoms with van der Waals surface area (Å²) in [5.41, 5.74) is 2.56. The monoisotopic (exact) mass is 351 g/mol. The number of aliphatic hydroxyl groups is 1. The Morgan fingerprint density at radius 2 is 2.17 bits per heavy atom. The minimum Gasteiger partial charge on any atom is -0.391 e. The molecule has 3 atom stereocenters. The van der Waals surface area contributed by atoms with Crippen molar-refractivity contribution < 1.29 is 17.9 Å². The van der Waals surface area contributed by atoms with Crippen LogP contribution in [0.2, 0.25) is 0 Å². The van der Waals surface area contributed by atoms with E-state index in [1.165, 1.54) is 16.4 Å². The van der Waals surface area contributed by atoms with E-state index in [0.717, 1.165) is 23.1 Å². The predicted molar refractivity (Wildman–Crippen MR) is 86.3 cm³/mol. The summed E-state index contributed by atoms with van der Waals surface area (Å²) in [6, 6.07) is 4.50. The molecule has 1 fully saturated rings. The van der Waals surface area contributed by atoms with Crippen molar-refractivity contribution in [2.24, 2.45) is 5.92 Å². The summed E-state index contributed by atoms with van der Waals surface area (Å²) in [5, 5.41) is 10.6. The van der Waals surface area contributed by atoms with Gasteiger partial charge in [0.15, 0.2) is 0 Å². The molecule has 4 rings (SSSR count). The van der Waals surface area contributed by atoms with Gasteiger partial charge < -0.3 is 9.67 Å². The zero-order valence-corrected chi connectivity index (χ0v) is 13.9. The first-order valence-corrected chi connectivity index (χ1v) is 9.66. The number of imidazole rings is 1. The van der Waals surface area contributed by atoms with E-state index in [9.17, 15) is 17.9 Å². The summed E-state index contributed by atoms with van der Waals surface area (Å²) in [4.78, 5) is 4.15. The number of hydrogen-bond donors (Lipinski definition) is 1. The molecule has 8 heteroatoms. The molecule has 1 unspecified atom stereocenters. The Bertz CT molecular complexity index is 896. The van der Waals surface area contributed by atoms with E-state index in [1.807, 2.05) is 4.57 Å². The second-order valence-corrected chi connectivity index (χ2v) is 8.49. The maximum atomic E-state index is 13.6. The summed E-state index contributed by atoms with van der Waals surface area (Å²) in [6.07, 6.45) is 4.28. The van der Waals surface area contributed by atoms with Gasteiger partial charge in [0.25, 0.3) is 0 Å². The number of fused-ring (bicyclic) bond motifs is 3. The molecular formula is C16H18FN3O3S. The third kappa shape index (κ3) is 2.37. The predicted octanol–water partition coefficient (Wildman–Crippen LogP) is 1.23. The van der Waals surface area contributed by atoms with Crippen LogP contribution < -0.4 is 0 Å². The van der Waals surface area contributed by atoms with Gasteiger partial charge in [-0.05, 0) is 24.1 Å². The van der Waals surface area contributed by atoms with Crippen molar-refractivity contribution in [1.82, 2.24) is 13.9 Å². The SMILES string of the molecule is CS(=O)(=O)N1CC[C@H](C2c3ccc(F)cc3-c3cncn32)[C@@H](O)C1. The molecule has 1 aromatic carbocycles. The van der Waals surface area contributed by atoms with Crippen LogP contribution in [0.4, 0.5) is 4.39 Å². The molecule has 0 radical (unpaired) electrons. The first-order chi connectivity index (χ1) is 11.4. The van der Waals surface area contributed by atoms with Crippen molar-refractivity contribution in [3.05, 3.63) is 42.1 Å². The number of nitrogens with zero attached hydrogens (tertiary/aromatic N) is 3. The van der Waals surface area contributed by atoms with Gasteiger partial charge in [0.2, 0.25) is 10.0 Å². The number of hydrogen-bond acceptors (Lipinski definition) is 4. The molecule has 1 saturated heterocycles. The summed E-state index contributed by atoms with van der Waals surface area (Å²) in [7, 11) is -3.32. The molecule has 6 nitrogen and oxygen atoms in total. The maximum Gasteiger partial charge on any atom is 0.211 e. The Hall–Kier alpha value is -1.77. The molecule has 24 heavy (non-hydrogen) atoms. The molecule has 2 aliphatic heterocycles. The zero-order chi connectivity index (χ0) is 17.1. The Labute approximate surface area is 139 Å². The Morgan fingerprint density at radius 1 is 1.38 bits per heavy atom. The molecule has 0 spiro atoms. The maximum absolute atomic E-state index is 13.6. The fourth-order valence-corrected chi connectivity index (χ4v) is 4.78. The number of β-amino-alcohol motifs (C(OH)–C–C–N with tert-alkyl or cyclic N) is 1. The van der Waals surface area contributed by atoms with Crippen LogP contribution in [-0.2, 0) is 10.0 Å². The van der Waals surface area contributed by atoms with Crippen LogP contribution in [-0.4, -0.2) is 52.8 Å². The topological polar surface area (TPSA) is 75.4 Å². The quantitative estimate of drug-likeness (QED) is 0.883. The number of sulfonamides is 1. The molecule has 0 saturated carbocycles. The summed E-state index contributed by atoms with van der Waals surface area (Å²) >= 11 is 0. The van der Waals surface area contributed by atoms with Gasteiger partial charge in [0.05, 0.1) is 36.6 Å². The van der Waals surface area contributed by atoms with Gasteiger partial charge in [-0.3, -0.25) is 0 Å². The Morgan fingerprint density at radius 3 is 2.88 bits per heavy atom. The molecule has 1 aromatic heterocycles. The largest absolute Gasteiger partial charge is 0.391 e. The molecule has 0 bridgehead atoms. The van der Waals surface area contributed by atoms with Crippen LogP contribution in [0.1, 0.15) is 18.0 Å². The third-order valence-corrected chi connectivity index (χ3v) is 6.32. The van der Waals surface area contributed by atoms with Gasteiger partial charge >= 0.3 is 0 Å². The molecule has 3 heterocycles. The van der Waals surface area contributed by atoms with Crippen LogP contribution in [0, 0.1) is 11.7 Å². The average Bonchev–Trinajstić information content (AvgIpc) is 3.07. The summed E-state index contributed by atoms with van der Waals surface area (Å²) in [6.45, 7) is 0.457. The van der Waals surface area contributed by atoms with E-state index >= 15 is 0 Å². The van der Waals surface area contributed by atoms with Crippen LogP contribution in [0.5, 0.6) is 0 Å². The third-order valence-electron chi connectivity index (χ3n) is 5.05. The summed E-state index contributed by atoms with van der Waals surface area (Å²) in [5.74, 6) is -0.461. The molecular weight excluding hydrogens is 333 g/mol. The van der Waals surface area contributed by atoms with E-state index in [-0.39, 0.29) is 24.3 Å². The highest BCUT2D eigenvalue weighted by Crippen LogP contribution is 2.46. The van der Waals surface area contributed by atoms with Gasteiger partial charge in [0.1, 0.15) is 5.82 Å². The lowest BCUT2D eigenvalue weighted by Crippen LogP contribution is -2.48. The number of aliphatic hydroxyl groups excluding tert-OH is 1. The van der Waals surface area contributed by atoms with E-state index < -0.39 is 16.1 Å². The highest BCUT2D eigenvalue weighted by molar-refractivity contribution is 7.88. The number of halogens is 1. The fraction of sp³-hybridized carbons (Fsp3) is 0.438. The number of benzene rings is 1. The van der Waals surface area contributed by atoms with Gasteiger partial charge in [-0.15, -0.1) is 0 Å². The van der Waals surface area contributed by atoms with Crippen molar-refractivity contribution in [3.8, 4) is 11.3 Å². The van der Waals surface area contributed by atoms with Crippen LogP contribution in [0.15, 0.2) is 30.7 Å². The molecule has 1 N–H and O–H groups in total. The molecule has 0 aliphatic carbocycles. The summed E-state index contributed by atoms with van der Waals surface area (Å²) < 4.78 is 40.3. The molecule has 2 aromatic rings. The number of rotatable bonds is 2. The van der Waals surface area contributed by atoms with Gasteiger partial charge in [0, 0.05) is 24.6 Å². The minimum atomic E-state index is -3.32. The first-order valence-electron chi connectivity index (χ1n) is 7.81. The van der Waals surface area contributed by atoms with Crippen LogP contribution >= 0.6 is 0 Å². The number of aromatic nitrogens is 2. The highest BCUT2D eigenvalue weighted by atomic mass is 32.2. The van der Waals surface area contributed by atoms with E-state index in [2.05, 4.69) is 4.98 Å². The van der Waals surface area contributed by atoms with Gasteiger partial charge in [-0.2, -0.15) is 4.31 Å². The van der Waals surface area contributed by atoms with Crippen molar-refractivity contribution >= 4 is 10.0 Å². The van der Waals surface area contributed by atoms with E-state index in [4.69, 9.17) is 0 Å². The van der Waals surface area contributed by atoms with Crippen LogP contribution in [0.3, 0.4) is 0 Å². The second-order valence-electron chi connectivity index (χ2n) is 6.50. The molecule has 2 aliphatic rings. The number of piperidine rings is 1. The lowest BCUT2D eigenvalue weighted by Gasteiger charge is -2.38. The van der Waals surface area contributed by atoms with Gasteiger partial charge in [-0.1, -0.05) is 6.07 Å². The van der Waals surface area contributed by atoms with Crippen molar-refractivity contribution in [3.63, 3.8) is 0 Å². The van der Waals surface area contributed by atoms with Crippen molar-refractivity contribution in [2.45, 2.75) is 18.6 Å². The standard InChI is InChI=1S/C16H18FN3O3S/c1-24(22,23)19-5-4-12(15(21)8-19)16-11-3-2-10(17)6-13(11)14-7-18-9-20(14)16/h2-3,6-7,9,12,15-16,21H,4-5,8H2,1H3/t12-,15-,16?/m0/s1. The minimum absolute atomic E-state index is 0.0839. The van der Waals surface area contributed by atoms with E-state index in [1.54, 1.807) is 18.6 Å². The lowest BCUT2D eigenvalue weighted by molar-refractivity contribution is 0.0345.